The lowest BCUT2D eigenvalue weighted by Gasteiger charge is -2.43. The van der Waals surface area contributed by atoms with Gasteiger partial charge >= 0.3 is 0 Å². The summed E-state index contributed by atoms with van der Waals surface area (Å²) in [6.07, 6.45) is 0. The molecule has 118 valence electrons. The number of methoxy groups -OCH3 is 1. The molecule has 0 unspecified atom stereocenters. The van der Waals surface area contributed by atoms with Gasteiger partial charge in [0.15, 0.2) is 0 Å². The van der Waals surface area contributed by atoms with Crippen LogP contribution in [0.3, 0.4) is 0 Å². The van der Waals surface area contributed by atoms with Gasteiger partial charge in [-0.25, -0.2) is 0 Å². The van der Waals surface area contributed by atoms with E-state index in [2.05, 4.69) is 43.1 Å². The molecule has 4 nitrogen and oxygen atoms in total. The fourth-order valence-electron chi connectivity index (χ4n) is 3.25. The van der Waals surface area contributed by atoms with Crippen molar-refractivity contribution in [1.82, 2.24) is 10.2 Å². The van der Waals surface area contributed by atoms with Crippen LogP contribution in [0.15, 0.2) is 18.2 Å². The van der Waals surface area contributed by atoms with Gasteiger partial charge in [0.1, 0.15) is 5.75 Å². The lowest BCUT2D eigenvalue weighted by molar-refractivity contribution is 0.0305. The zero-order valence-corrected chi connectivity index (χ0v) is 13.6. The minimum absolute atomic E-state index is 0.173. The summed E-state index contributed by atoms with van der Waals surface area (Å²) in [5, 5.41) is 13.3. The van der Waals surface area contributed by atoms with Gasteiger partial charge in [-0.15, -0.1) is 0 Å². The second-order valence-corrected chi connectivity index (χ2v) is 6.56. The van der Waals surface area contributed by atoms with Crippen molar-refractivity contribution < 1.29 is 9.84 Å². The molecule has 0 spiro atoms. The molecule has 1 fully saturated rings. The van der Waals surface area contributed by atoms with Crippen molar-refractivity contribution in [2.75, 3.05) is 39.9 Å². The molecule has 1 saturated heterocycles. The predicted molar refractivity (Wildman–Crippen MR) is 85.8 cm³/mol. The maximum atomic E-state index is 9.86. The van der Waals surface area contributed by atoms with Gasteiger partial charge in [0.05, 0.1) is 7.11 Å². The molecule has 1 aliphatic rings. The topological polar surface area (TPSA) is 44.7 Å². The zero-order valence-electron chi connectivity index (χ0n) is 13.6. The monoisotopic (exact) mass is 292 g/mol. The van der Waals surface area contributed by atoms with Gasteiger partial charge in [-0.1, -0.05) is 26.0 Å². The maximum Gasteiger partial charge on any atom is 0.121 e. The van der Waals surface area contributed by atoms with Crippen LogP contribution < -0.4 is 10.1 Å². The molecule has 1 aliphatic heterocycles. The number of ether oxygens (including phenoxy) is 1. The molecule has 0 aliphatic carbocycles. The molecule has 0 saturated carbocycles. The molecular formula is C17H28N2O2. The van der Waals surface area contributed by atoms with E-state index >= 15 is 0 Å². The number of piperazine rings is 1. The Morgan fingerprint density at radius 3 is 2.52 bits per heavy atom. The van der Waals surface area contributed by atoms with Crippen LogP contribution >= 0.6 is 0 Å². The summed E-state index contributed by atoms with van der Waals surface area (Å²) in [5.74, 6) is 0.916. The Hall–Kier alpha value is -1.10. The number of benzene rings is 1. The Morgan fingerprint density at radius 1 is 1.33 bits per heavy atom. The summed E-state index contributed by atoms with van der Waals surface area (Å²) >= 11 is 0. The van der Waals surface area contributed by atoms with Crippen molar-refractivity contribution in [2.24, 2.45) is 5.41 Å². The first-order valence-electron chi connectivity index (χ1n) is 7.70. The van der Waals surface area contributed by atoms with Gasteiger partial charge in [-0.2, -0.15) is 0 Å². The van der Waals surface area contributed by atoms with E-state index in [1.165, 1.54) is 5.56 Å². The summed E-state index contributed by atoms with van der Waals surface area (Å²) in [6, 6.07) is 6.58. The minimum atomic E-state index is -0.182. The third-order valence-corrected chi connectivity index (χ3v) is 4.40. The number of aryl methyl sites for hydroxylation is 1. The Labute approximate surface area is 128 Å². The normalized spacial score (nSPS) is 18.5. The van der Waals surface area contributed by atoms with Crippen LogP contribution in [0.5, 0.6) is 5.75 Å². The molecule has 0 bridgehead atoms. The van der Waals surface area contributed by atoms with Crippen LogP contribution in [0.1, 0.15) is 31.0 Å². The number of nitrogens with one attached hydrogen (secondary N) is 1. The fourth-order valence-corrected chi connectivity index (χ4v) is 3.25. The lowest BCUT2D eigenvalue weighted by atomic mass is 9.79. The van der Waals surface area contributed by atoms with E-state index in [1.807, 2.05) is 6.07 Å². The SMILES string of the molecule is COc1ccc([C@@H](N2CCNCC2)C(C)(C)CO)cc1C. The molecular weight excluding hydrogens is 264 g/mol. The summed E-state index contributed by atoms with van der Waals surface area (Å²) in [5.41, 5.74) is 2.22. The first-order valence-corrected chi connectivity index (χ1v) is 7.70. The Kier molecular flexibility index (Phi) is 5.25. The number of aliphatic hydroxyl groups excluding tert-OH is 1. The van der Waals surface area contributed by atoms with Gasteiger partial charge in [0.2, 0.25) is 0 Å². The summed E-state index contributed by atoms with van der Waals surface area (Å²) < 4.78 is 5.36. The molecule has 1 atom stereocenters. The third-order valence-electron chi connectivity index (χ3n) is 4.40. The summed E-state index contributed by atoms with van der Waals surface area (Å²) in [4.78, 5) is 2.48. The van der Waals surface area contributed by atoms with Gasteiger partial charge in [-0.3, -0.25) is 4.90 Å². The highest BCUT2D eigenvalue weighted by Gasteiger charge is 2.35. The molecule has 0 amide bonds. The van der Waals surface area contributed by atoms with E-state index in [1.54, 1.807) is 7.11 Å². The van der Waals surface area contributed by atoms with Gasteiger partial charge < -0.3 is 15.2 Å². The average molecular weight is 292 g/mol. The van der Waals surface area contributed by atoms with Crippen molar-refractivity contribution in [2.45, 2.75) is 26.8 Å². The van der Waals surface area contributed by atoms with Crippen molar-refractivity contribution in [1.29, 1.82) is 0 Å². The van der Waals surface area contributed by atoms with E-state index in [0.29, 0.717) is 0 Å². The van der Waals surface area contributed by atoms with E-state index in [-0.39, 0.29) is 18.1 Å². The highest BCUT2D eigenvalue weighted by Crippen LogP contribution is 2.39. The lowest BCUT2D eigenvalue weighted by Crippen LogP contribution is -2.49. The van der Waals surface area contributed by atoms with Crippen molar-refractivity contribution in [3.63, 3.8) is 0 Å². The standard InChI is InChI=1S/C17H28N2O2/c1-13-11-14(5-6-15(13)21-4)16(17(2,3)12-20)19-9-7-18-8-10-19/h5-6,11,16,18,20H,7-10,12H2,1-4H3/t16-/m1/s1. The highest BCUT2D eigenvalue weighted by atomic mass is 16.5. The number of rotatable bonds is 5. The van der Waals surface area contributed by atoms with E-state index in [4.69, 9.17) is 4.74 Å². The Balaban J connectivity index is 2.36. The summed E-state index contributed by atoms with van der Waals surface area (Å²) in [6.45, 7) is 10.6. The average Bonchev–Trinajstić information content (AvgIpc) is 2.48. The second-order valence-electron chi connectivity index (χ2n) is 6.56. The number of hydrogen-bond donors (Lipinski definition) is 2. The van der Waals surface area contributed by atoms with Crippen LogP contribution in [-0.2, 0) is 0 Å². The van der Waals surface area contributed by atoms with E-state index in [9.17, 15) is 5.11 Å². The summed E-state index contributed by atoms with van der Waals surface area (Å²) in [7, 11) is 1.70. The van der Waals surface area contributed by atoms with Crippen LogP contribution in [0.25, 0.3) is 0 Å². The number of nitrogens with zero attached hydrogens (tertiary/aromatic N) is 1. The van der Waals surface area contributed by atoms with Gasteiger partial charge in [-0.05, 0) is 24.1 Å². The van der Waals surface area contributed by atoms with E-state index in [0.717, 1.165) is 37.5 Å². The van der Waals surface area contributed by atoms with Gasteiger partial charge in [0.25, 0.3) is 0 Å². The zero-order chi connectivity index (χ0) is 15.5. The third kappa shape index (κ3) is 3.57. The first kappa shape index (κ1) is 16.3. The molecule has 2 N–H and O–H groups in total. The van der Waals surface area contributed by atoms with E-state index < -0.39 is 0 Å². The van der Waals surface area contributed by atoms with Crippen molar-refractivity contribution in [3.05, 3.63) is 29.3 Å². The molecule has 0 aromatic heterocycles. The molecule has 21 heavy (non-hydrogen) atoms. The fraction of sp³-hybridized carbons (Fsp3) is 0.647. The van der Waals surface area contributed by atoms with Crippen LogP contribution in [0.4, 0.5) is 0 Å². The minimum Gasteiger partial charge on any atom is -0.496 e. The molecule has 0 radical (unpaired) electrons. The molecule has 1 aromatic rings. The van der Waals surface area contributed by atoms with Crippen LogP contribution in [-0.4, -0.2) is 49.9 Å². The van der Waals surface area contributed by atoms with Crippen molar-refractivity contribution in [3.8, 4) is 5.75 Å². The Morgan fingerprint density at radius 2 is 2.00 bits per heavy atom. The van der Waals surface area contributed by atoms with Crippen LogP contribution in [0, 0.1) is 12.3 Å². The molecule has 2 rings (SSSR count). The largest absolute Gasteiger partial charge is 0.496 e. The van der Waals surface area contributed by atoms with Gasteiger partial charge in [0, 0.05) is 44.2 Å². The molecule has 1 aromatic carbocycles. The number of hydrogen-bond acceptors (Lipinski definition) is 4. The van der Waals surface area contributed by atoms with Crippen molar-refractivity contribution >= 4 is 0 Å². The quantitative estimate of drug-likeness (QED) is 0.871. The number of aliphatic hydroxyl groups is 1. The van der Waals surface area contributed by atoms with Crippen LogP contribution in [0.2, 0.25) is 0 Å². The molecule has 4 heteroatoms. The molecule has 1 heterocycles. The predicted octanol–water partition coefficient (Wildman–Crippen LogP) is 1.97. The maximum absolute atomic E-state index is 9.86. The Bertz CT molecular complexity index is 468. The second kappa shape index (κ2) is 6.77. The first-order chi connectivity index (χ1) is 9.99. The highest BCUT2D eigenvalue weighted by molar-refractivity contribution is 5.38. The smallest absolute Gasteiger partial charge is 0.121 e.